The molecule has 1 aromatic carbocycles. The Balaban J connectivity index is 2.23. The summed E-state index contributed by atoms with van der Waals surface area (Å²) in [6.45, 7) is 6.58. The second-order valence-electron chi connectivity index (χ2n) is 5.50. The van der Waals surface area contributed by atoms with Gasteiger partial charge in [0.15, 0.2) is 0 Å². The van der Waals surface area contributed by atoms with Crippen molar-refractivity contribution in [3.05, 3.63) is 35.6 Å². The van der Waals surface area contributed by atoms with E-state index in [4.69, 9.17) is 5.84 Å². The van der Waals surface area contributed by atoms with Crippen LogP contribution in [0.5, 0.6) is 0 Å². The number of halogens is 1. The highest BCUT2D eigenvalue weighted by Crippen LogP contribution is 2.33. The second kappa shape index (κ2) is 5.34. The smallest absolute Gasteiger partial charge is 0.123 e. The van der Waals surface area contributed by atoms with Crippen molar-refractivity contribution in [1.29, 1.82) is 0 Å². The first-order valence-electron chi connectivity index (χ1n) is 6.52. The van der Waals surface area contributed by atoms with Gasteiger partial charge in [-0.1, -0.05) is 12.1 Å². The Labute approximate surface area is 108 Å². The van der Waals surface area contributed by atoms with Gasteiger partial charge in [0.05, 0.1) is 6.04 Å². The van der Waals surface area contributed by atoms with Crippen LogP contribution in [0.15, 0.2) is 24.3 Å². The number of hydrazine groups is 1. The Morgan fingerprint density at radius 1 is 1.22 bits per heavy atom. The minimum absolute atomic E-state index is 0.00352. The van der Waals surface area contributed by atoms with Crippen LogP contribution in [0.2, 0.25) is 0 Å². The highest BCUT2D eigenvalue weighted by Gasteiger charge is 2.37. The molecule has 1 aromatic rings. The minimum atomic E-state index is -0.214. The van der Waals surface area contributed by atoms with Crippen molar-refractivity contribution < 1.29 is 4.39 Å². The molecule has 0 aliphatic carbocycles. The molecule has 4 heteroatoms. The lowest BCUT2D eigenvalue weighted by Crippen LogP contribution is -2.53. The van der Waals surface area contributed by atoms with Crippen molar-refractivity contribution in [3.8, 4) is 0 Å². The summed E-state index contributed by atoms with van der Waals surface area (Å²) in [6, 6.07) is 6.57. The number of hydrogen-bond acceptors (Lipinski definition) is 3. The van der Waals surface area contributed by atoms with Gasteiger partial charge in [-0.15, -0.1) is 0 Å². The topological polar surface area (TPSA) is 41.3 Å². The molecule has 3 N–H and O–H groups in total. The molecule has 1 fully saturated rings. The Hall–Kier alpha value is -0.970. The molecule has 0 radical (unpaired) electrons. The molecule has 0 aromatic heterocycles. The van der Waals surface area contributed by atoms with Gasteiger partial charge in [0.2, 0.25) is 0 Å². The number of rotatable bonds is 4. The molecule has 0 bridgehead atoms. The first-order valence-corrected chi connectivity index (χ1v) is 6.52. The molecule has 1 saturated heterocycles. The maximum absolute atomic E-state index is 13.0. The van der Waals surface area contributed by atoms with E-state index in [1.54, 1.807) is 12.1 Å². The van der Waals surface area contributed by atoms with Crippen LogP contribution in [0.1, 0.15) is 38.3 Å². The molecule has 0 saturated carbocycles. The van der Waals surface area contributed by atoms with Gasteiger partial charge in [0, 0.05) is 5.54 Å². The molecule has 1 atom stereocenters. The number of likely N-dealkylation sites (tertiary alicyclic amines) is 1. The lowest BCUT2D eigenvalue weighted by Gasteiger charge is -2.42. The lowest BCUT2D eigenvalue weighted by molar-refractivity contribution is 0.107. The lowest BCUT2D eigenvalue weighted by atomic mass is 9.87. The summed E-state index contributed by atoms with van der Waals surface area (Å²) in [5.41, 5.74) is 3.83. The molecular weight excluding hydrogens is 229 g/mol. The fourth-order valence-electron chi connectivity index (χ4n) is 2.84. The Bertz CT molecular complexity index is 383. The summed E-state index contributed by atoms with van der Waals surface area (Å²) in [4.78, 5) is 2.45. The maximum atomic E-state index is 13.0. The Morgan fingerprint density at radius 2 is 1.78 bits per heavy atom. The zero-order valence-corrected chi connectivity index (χ0v) is 11.1. The van der Waals surface area contributed by atoms with Gasteiger partial charge >= 0.3 is 0 Å². The van der Waals surface area contributed by atoms with Crippen molar-refractivity contribution in [2.24, 2.45) is 5.84 Å². The molecule has 18 heavy (non-hydrogen) atoms. The molecule has 2 rings (SSSR count). The molecule has 0 amide bonds. The monoisotopic (exact) mass is 251 g/mol. The van der Waals surface area contributed by atoms with Gasteiger partial charge in [-0.25, -0.2) is 4.39 Å². The number of nitrogens with one attached hydrogen (secondary N) is 1. The number of hydrogen-bond donors (Lipinski definition) is 2. The average molecular weight is 251 g/mol. The van der Waals surface area contributed by atoms with Crippen LogP contribution in [-0.2, 0) is 0 Å². The zero-order chi connectivity index (χ0) is 13.2. The Morgan fingerprint density at radius 3 is 2.28 bits per heavy atom. The maximum Gasteiger partial charge on any atom is 0.123 e. The van der Waals surface area contributed by atoms with Crippen LogP contribution in [0.4, 0.5) is 4.39 Å². The zero-order valence-electron chi connectivity index (χ0n) is 11.1. The summed E-state index contributed by atoms with van der Waals surface area (Å²) < 4.78 is 13.0. The predicted molar refractivity (Wildman–Crippen MR) is 71.4 cm³/mol. The SMILES string of the molecule is CC(C)(C(NN)c1ccc(F)cc1)N1CCCC1. The number of nitrogens with two attached hydrogens (primary N) is 1. The van der Waals surface area contributed by atoms with Crippen LogP contribution in [0.3, 0.4) is 0 Å². The van der Waals surface area contributed by atoms with Gasteiger partial charge in [-0.05, 0) is 57.5 Å². The van der Waals surface area contributed by atoms with Gasteiger partial charge in [-0.3, -0.25) is 16.2 Å². The molecule has 1 unspecified atom stereocenters. The third-order valence-electron chi connectivity index (χ3n) is 4.00. The minimum Gasteiger partial charge on any atom is -0.296 e. The van der Waals surface area contributed by atoms with Crippen LogP contribution < -0.4 is 11.3 Å². The quantitative estimate of drug-likeness (QED) is 0.637. The van der Waals surface area contributed by atoms with E-state index in [0.717, 1.165) is 18.7 Å². The largest absolute Gasteiger partial charge is 0.296 e. The normalized spacial score (nSPS) is 19.1. The summed E-state index contributed by atoms with van der Waals surface area (Å²) in [5.74, 6) is 5.51. The third kappa shape index (κ3) is 2.55. The average Bonchev–Trinajstić information content (AvgIpc) is 2.86. The van der Waals surface area contributed by atoms with Crippen LogP contribution in [-0.4, -0.2) is 23.5 Å². The van der Waals surface area contributed by atoms with E-state index in [2.05, 4.69) is 24.2 Å². The van der Waals surface area contributed by atoms with E-state index < -0.39 is 0 Å². The molecule has 100 valence electrons. The predicted octanol–water partition coefficient (Wildman–Crippen LogP) is 2.20. The first kappa shape index (κ1) is 13.5. The van der Waals surface area contributed by atoms with Crippen LogP contribution in [0.25, 0.3) is 0 Å². The summed E-state index contributed by atoms with van der Waals surface area (Å²) in [7, 11) is 0. The molecule has 1 aliphatic rings. The molecule has 1 aliphatic heterocycles. The third-order valence-corrected chi connectivity index (χ3v) is 4.00. The highest BCUT2D eigenvalue weighted by molar-refractivity contribution is 5.23. The van der Waals surface area contributed by atoms with Gasteiger partial charge < -0.3 is 0 Å². The van der Waals surface area contributed by atoms with Gasteiger partial charge in [0.1, 0.15) is 5.82 Å². The van der Waals surface area contributed by atoms with Gasteiger partial charge in [-0.2, -0.15) is 0 Å². The molecular formula is C14H22FN3. The fourth-order valence-corrected chi connectivity index (χ4v) is 2.84. The second-order valence-corrected chi connectivity index (χ2v) is 5.50. The van der Waals surface area contributed by atoms with Crippen molar-refractivity contribution in [2.45, 2.75) is 38.3 Å². The standard InChI is InChI=1S/C14H22FN3/c1-14(2,18-9-3-4-10-18)13(17-16)11-5-7-12(15)8-6-11/h5-8,13,17H,3-4,9-10,16H2,1-2H3. The fraction of sp³-hybridized carbons (Fsp3) is 0.571. The van der Waals surface area contributed by atoms with E-state index in [1.165, 1.54) is 25.0 Å². The van der Waals surface area contributed by atoms with E-state index >= 15 is 0 Å². The number of nitrogens with zero attached hydrogens (tertiary/aromatic N) is 1. The van der Waals surface area contributed by atoms with Crippen molar-refractivity contribution in [3.63, 3.8) is 0 Å². The summed E-state index contributed by atoms with van der Waals surface area (Å²) in [6.07, 6.45) is 2.48. The highest BCUT2D eigenvalue weighted by atomic mass is 19.1. The van der Waals surface area contributed by atoms with E-state index in [1.807, 2.05) is 0 Å². The van der Waals surface area contributed by atoms with E-state index in [0.29, 0.717) is 0 Å². The molecule has 0 spiro atoms. The van der Waals surface area contributed by atoms with Crippen molar-refractivity contribution in [2.75, 3.05) is 13.1 Å². The first-order chi connectivity index (χ1) is 8.55. The summed E-state index contributed by atoms with van der Waals surface area (Å²) in [5, 5.41) is 0. The van der Waals surface area contributed by atoms with Crippen LogP contribution in [0, 0.1) is 5.82 Å². The molecule has 3 nitrogen and oxygen atoms in total. The van der Waals surface area contributed by atoms with Crippen LogP contribution >= 0.6 is 0 Å². The van der Waals surface area contributed by atoms with E-state index in [-0.39, 0.29) is 17.4 Å². The Kier molecular flexibility index (Phi) is 4.00. The summed E-state index contributed by atoms with van der Waals surface area (Å²) >= 11 is 0. The van der Waals surface area contributed by atoms with Crippen molar-refractivity contribution in [1.82, 2.24) is 10.3 Å². The van der Waals surface area contributed by atoms with Gasteiger partial charge in [0.25, 0.3) is 0 Å². The molecule has 1 heterocycles. The van der Waals surface area contributed by atoms with Crippen molar-refractivity contribution >= 4 is 0 Å². The number of benzene rings is 1. The van der Waals surface area contributed by atoms with E-state index in [9.17, 15) is 4.39 Å².